The van der Waals surface area contributed by atoms with Gasteiger partial charge in [0.05, 0.1) is 0 Å². The first-order valence-electron chi connectivity index (χ1n) is 15.6. The molecule has 0 unspecified atom stereocenters. The second kappa shape index (κ2) is 13.9. The number of nitrogens with zero attached hydrogens (tertiary/aromatic N) is 3. The molecule has 2 amide bonds. The molecule has 0 bridgehead atoms. The smallest absolute Gasteiger partial charge is 0.254 e. The number of carbonyl (C=O) groups excluding carboxylic acids is 2. The van der Waals surface area contributed by atoms with E-state index >= 15 is 0 Å². The number of hydrogen-bond donors (Lipinski definition) is 1. The number of carbonyl (C=O) groups is 2. The summed E-state index contributed by atoms with van der Waals surface area (Å²) < 4.78 is 0. The Hall–Kier alpha value is -4.84. The summed E-state index contributed by atoms with van der Waals surface area (Å²) in [6.07, 6.45) is 2.73. The summed E-state index contributed by atoms with van der Waals surface area (Å²) in [7, 11) is 4.03. The van der Waals surface area contributed by atoms with E-state index in [0.717, 1.165) is 27.9 Å². The molecule has 1 N–H and O–H groups in total. The molecule has 0 saturated heterocycles. The molecule has 0 fully saturated rings. The molecule has 1 aromatic heterocycles. The molecule has 45 heavy (non-hydrogen) atoms. The zero-order valence-corrected chi connectivity index (χ0v) is 27.1. The number of aromatic amines is 1. The van der Waals surface area contributed by atoms with Crippen molar-refractivity contribution in [3.05, 3.63) is 137 Å². The first kappa shape index (κ1) is 31.6. The maximum absolute atomic E-state index is 14.2. The van der Waals surface area contributed by atoms with Crippen LogP contribution in [0.15, 0.2) is 109 Å². The van der Waals surface area contributed by atoms with Crippen LogP contribution in [0.3, 0.4) is 0 Å². The van der Waals surface area contributed by atoms with E-state index < -0.39 is 0 Å². The number of amides is 2. The fourth-order valence-corrected chi connectivity index (χ4v) is 5.57. The highest BCUT2D eigenvalue weighted by Gasteiger charge is 2.24. The summed E-state index contributed by atoms with van der Waals surface area (Å²) in [4.78, 5) is 37.1. The maximum atomic E-state index is 14.2. The van der Waals surface area contributed by atoms with Gasteiger partial charge >= 0.3 is 0 Å². The highest BCUT2D eigenvalue weighted by atomic mass is 16.2. The third-order valence-electron chi connectivity index (χ3n) is 8.33. The standard InChI is InChI=1S/C39H44N4O2/c1-39(2,3)33-19-17-31(18-20-33)38(45)43(27-29-11-7-6-8-12-29)28-37(44)42(26-30-15-21-34(22-16-30)41(4)5)24-23-32-25-40-36-14-10-9-13-35(32)36/h6-22,25,40H,23-24,26-28H2,1-5H3. The third-order valence-corrected chi connectivity index (χ3v) is 8.33. The molecule has 0 aliphatic carbocycles. The Balaban J connectivity index is 1.41. The molecule has 0 spiro atoms. The SMILES string of the molecule is CN(C)c1ccc(CN(CCc2c[nH]c3ccccc23)C(=O)CN(Cc2ccccc2)C(=O)c2ccc(C(C)(C)C)cc2)cc1. The van der Waals surface area contributed by atoms with Crippen LogP contribution in [0.1, 0.15) is 53.4 Å². The average molecular weight is 601 g/mol. The predicted octanol–water partition coefficient (Wildman–Crippen LogP) is 7.45. The average Bonchev–Trinajstić information content (AvgIpc) is 3.45. The van der Waals surface area contributed by atoms with Crippen LogP contribution in [-0.4, -0.2) is 53.8 Å². The molecule has 5 rings (SSSR count). The van der Waals surface area contributed by atoms with E-state index in [2.05, 4.69) is 67.1 Å². The fraction of sp³-hybridized carbons (Fsp3) is 0.282. The minimum absolute atomic E-state index is 0.0155. The summed E-state index contributed by atoms with van der Waals surface area (Å²) in [5.41, 5.74) is 7.11. The lowest BCUT2D eigenvalue weighted by Gasteiger charge is -2.28. The molecular weight excluding hydrogens is 556 g/mol. The Kier molecular flexibility index (Phi) is 9.72. The highest BCUT2D eigenvalue weighted by Crippen LogP contribution is 2.24. The molecular formula is C39H44N4O2. The van der Waals surface area contributed by atoms with E-state index in [0.29, 0.717) is 31.6 Å². The molecule has 0 aliphatic rings. The number of hydrogen-bond acceptors (Lipinski definition) is 3. The Morgan fingerprint density at radius 1 is 0.711 bits per heavy atom. The lowest BCUT2D eigenvalue weighted by molar-refractivity contribution is -0.132. The van der Waals surface area contributed by atoms with Gasteiger partial charge in [0.1, 0.15) is 6.54 Å². The molecule has 0 radical (unpaired) electrons. The van der Waals surface area contributed by atoms with Gasteiger partial charge in [0.2, 0.25) is 5.91 Å². The van der Waals surface area contributed by atoms with Gasteiger partial charge in [-0.05, 0) is 64.4 Å². The van der Waals surface area contributed by atoms with Crippen molar-refractivity contribution in [1.29, 1.82) is 0 Å². The van der Waals surface area contributed by atoms with E-state index in [9.17, 15) is 9.59 Å². The number of H-pyrrole nitrogens is 1. The molecule has 0 aliphatic heterocycles. The van der Waals surface area contributed by atoms with E-state index in [1.54, 1.807) is 4.90 Å². The number of anilines is 1. The summed E-state index contributed by atoms with van der Waals surface area (Å²) in [6.45, 7) is 7.79. The van der Waals surface area contributed by atoms with Crippen molar-refractivity contribution in [3.63, 3.8) is 0 Å². The molecule has 0 atom stereocenters. The monoisotopic (exact) mass is 600 g/mol. The molecule has 232 valence electrons. The van der Waals surface area contributed by atoms with Crippen LogP contribution in [-0.2, 0) is 29.7 Å². The van der Waals surface area contributed by atoms with Crippen molar-refractivity contribution in [1.82, 2.24) is 14.8 Å². The molecule has 0 saturated carbocycles. The van der Waals surface area contributed by atoms with Crippen LogP contribution in [0.4, 0.5) is 5.69 Å². The number of aromatic nitrogens is 1. The molecule has 6 heteroatoms. The minimum Gasteiger partial charge on any atom is -0.378 e. The second-order valence-corrected chi connectivity index (χ2v) is 13.0. The van der Waals surface area contributed by atoms with E-state index in [1.165, 1.54) is 10.9 Å². The Morgan fingerprint density at radius 3 is 2.00 bits per heavy atom. The number of para-hydroxylation sites is 1. The highest BCUT2D eigenvalue weighted by molar-refractivity contribution is 5.96. The largest absolute Gasteiger partial charge is 0.378 e. The summed E-state index contributed by atoms with van der Waals surface area (Å²) in [6, 6.07) is 34.2. The summed E-state index contributed by atoms with van der Waals surface area (Å²) in [5.74, 6) is -0.235. The maximum Gasteiger partial charge on any atom is 0.254 e. The van der Waals surface area contributed by atoms with Crippen molar-refractivity contribution in [2.75, 3.05) is 32.1 Å². The van der Waals surface area contributed by atoms with Gasteiger partial charge < -0.3 is 19.7 Å². The Bertz CT molecular complexity index is 1720. The van der Waals surface area contributed by atoms with E-state index in [1.807, 2.05) is 91.9 Å². The van der Waals surface area contributed by atoms with Gasteiger partial charge in [0.15, 0.2) is 0 Å². The van der Waals surface area contributed by atoms with Crippen LogP contribution in [0.5, 0.6) is 0 Å². The van der Waals surface area contributed by atoms with Crippen LogP contribution in [0, 0.1) is 0 Å². The van der Waals surface area contributed by atoms with Crippen LogP contribution in [0.2, 0.25) is 0 Å². The van der Waals surface area contributed by atoms with Gasteiger partial charge in [0, 0.05) is 62.1 Å². The first-order valence-corrected chi connectivity index (χ1v) is 15.6. The van der Waals surface area contributed by atoms with Crippen molar-refractivity contribution in [2.24, 2.45) is 0 Å². The zero-order chi connectivity index (χ0) is 32.0. The minimum atomic E-state index is -0.153. The van der Waals surface area contributed by atoms with Gasteiger partial charge in [-0.15, -0.1) is 0 Å². The number of rotatable bonds is 11. The fourth-order valence-electron chi connectivity index (χ4n) is 5.57. The Morgan fingerprint density at radius 2 is 1.33 bits per heavy atom. The quantitative estimate of drug-likeness (QED) is 0.171. The lowest BCUT2D eigenvalue weighted by atomic mass is 9.86. The molecule has 1 heterocycles. The third kappa shape index (κ3) is 8.01. The van der Waals surface area contributed by atoms with Crippen molar-refractivity contribution in [2.45, 2.75) is 45.7 Å². The van der Waals surface area contributed by atoms with Crippen LogP contribution < -0.4 is 4.90 Å². The number of fused-ring (bicyclic) bond motifs is 1. The van der Waals surface area contributed by atoms with Gasteiger partial charge in [-0.1, -0.05) is 93.6 Å². The van der Waals surface area contributed by atoms with Crippen molar-refractivity contribution >= 4 is 28.4 Å². The normalized spacial score (nSPS) is 11.4. The number of nitrogens with one attached hydrogen (secondary N) is 1. The first-order chi connectivity index (χ1) is 21.6. The summed E-state index contributed by atoms with van der Waals surface area (Å²) >= 11 is 0. The van der Waals surface area contributed by atoms with E-state index in [4.69, 9.17) is 0 Å². The van der Waals surface area contributed by atoms with Gasteiger partial charge in [-0.25, -0.2) is 0 Å². The van der Waals surface area contributed by atoms with Gasteiger partial charge in [0.25, 0.3) is 5.91 Å². The van der Waals surface area contributed by atoms with E-state index in [-0.39, 0.29) is 23.8 Å². The molecule has 4 aromatic carbocycles. The molecule has 5 aromatic rings. The lowest BCUT2D eigenvalue weighted by Crippen LogP contribution is -2.43. The number of benzene rings is 4. The van der Waals surface area contributed by atoms with Gasteiger partial charge in [-0.3, -0.25) is 9.59 Å². The van der Waals surface area contributed by atoms with Crippen molar-refractivity contribution < 1.29 is 9.59 Å². The predicted molar refractivity (Wildman–Crippen MR) is 185 cm³/mol. The van der Waals surface area contributed by atoms with Crippen LogP contribution in [0.25, 0.3) is 10.9 Å². The Labute approximate surface area is 267 Å². The van der Waals surface area contributed by atoms with Gasteiger partial charge in [-0.2, -0.15) is 0 Å². The molecule has 6 nitrogen and oxygen atoms in total. The van der Waals surface area contributed by atoms with Crippen molar-refractivity contribution in [3.8, 4) is 0 Å². The summed E-state index contributed by atoms with van der Waals surface area (Å²) in [5, 5.41) is 1.17. The topological polar surface area (TPSA) is 59.7 Å². The second-order valence-electron chi connectivity index (χ2n) is 13.0. The zero-order valence-electron chi connectivity index (χ0n) is 27.1. The van der Waals surface area contributed by atoms with Crippen LogP contribution >= 0.6 is 0 Å².